The number of nitrogens with one attached hydrogen (secondary N) is 3. The molecule has 2 atom stereocenters. The number of hydrogen-bond donors (Lipinski definition) is 3. The van der Waals surface area contributed by atoms with Gasteiger partial charge in [-0.1, -0.05) is 6.42 Å². The van der Waals surface area contributed by atoms with E-state index < -0.39 is 10.0 Å². The summed E-state index contributed by atoms with van der Waals surface area (Å²) in [5.41, 5.74) is 0.275. The van der Waals surface area contributed by atoms with Crippen molar-refractivity contribution in [2.45, 2.75) is 51.7 Å². The molecular weight excluding hydrogens is 316 g/mol. The van der Waals surface area contributed by atoms with Crippen molar-refractivity contribution in [2.75, 3.05) is 32.5 Å². The van der Waals surface area contributed by atoms with E-state index in [9.17, 15) is 8.42 Å². The maximum absolute atomic E-state index is 11.1. The highest BCUT2D eigenvalue weighted by Gasteiger charge is 2.59. The zero-order valence-corrected chi connectivity index (χ0v) is 15.2. The van der Waals surface area contributed by atoms with Crippen LogP contribution in [0.1, 0.15) is 39.5 Å². The number of hydrogen-bond acceptors (Lipinski definition) is 4. The molecule has 134 valence electrons. The number of aliphatic imine (C=N–C) groups is 1. The maximum atomic E-state index is 11.1. The van der Waals surface area contributed by atoms with Gasteiger partial charge < -0.3 is 15.4 Å². The van der Waals surface area contributed by atoms with Crippen LogP contribution in [0.5, 0.6) is 0 Å². The summed E-state index contributed by atoms with van der Waals surface area (Å²) in [5, 5.41) is 6.75. The van der Waals surface area contributed by atoms with Crippen LogP contribution in [0.2, 0.25) is 0 Å². The second-order valence-corrected chi connectivity index (χ2v) is 8.22. The Morgan fingerprint density at radius 1 is 1.35 bits per heavy atom. The molecule has 3 N–H and O–H groups in total. The molecule has 0 saturated heterocycles. The fraction of sp³-hybridized carbons (Fsp3) is 0.933. The lowest BCUT2D eigenvalue weighted by Crippen LogP contribution is -2.68. The molecule has 2 rings (SSSR count). The van der Waals surface area contributed by atoms with E-state index in [1.807, 2.05) is 13.8 Å². The third kappa shape index (κ3) is 4.58. The number of guanidine groups is 1. The van der Waals surface area contributed by atoms with E-state index in [2.05, 4.69) is 20.3 Å². The second-order valence-electron chi connectivity index (χ2n) is 6.39. The summed E-state index contributed by atoms with van der Waals surface area (Å²) in [4.78, 5) is 4.46. The average molecular weight is 346 g/mol. The Balaban J connectivity index is 1.87. The summed E-state index contributed by atoms with van der Waals surface area (Å²) in [6.45, 7) is 6.34. The Hall–Kier alpha value is -0.860. The smallest absolute Gasteiger partial charge is 0.208 e. The van der Waals surface area contributed by atoms with E-state index >= 15 is 0 Å². The van der Waals surface area contributed by atoms with Crippen molar-refractivity contribution < 1.29 is 13.2 Å². The van der Waals surface area contributed by atoms with E-state index in [1.165, 1.54) is 19.3 Å². The topological polar surface area (TPSA) is 91.8 Å². The minimum absolute atomic E-state index is 0.275. The summed E-state index contributed by atoms with van der Waals surface area (Å²) >= 11 is 0. The van der Waals surface area contributed by atoms with E-state index in [-0.39, 0.29) is 5.41 Å². The monoisotopic (exact) mass is 346 g/mol. The molecule has 7 nitrogen and oxygen atoms in total. The maximum Gasteiger partial charge on any atom is 0.208 e. The average Bonchev–Trinajstić information content (AvgIpc) is 2.39. The molecule has 0 amide bonds. The lowest BCUT2D eigenvalue weighted by Gasteiger charge is -2.61. The van der Waals surface area contributed by atoms with Crippen molar-refractivity contribution in [3.63, 3.8) is 0 Å². The molecule has 0 aromatic heterocycles. The molecule has 2 unspecified atom stereocenters. The van der Waals surface area contributed by atoms with Crippen molar-refractivity contribution in [1.82, 2.24) is 15.4 Å². The zero-order chi connectivity index (χ0) is 16.9. The van der Waals surface area contributed by atoms with Crippen LogP contribution in [0.25, 0.3) is 0 Å². The van der Waals surface area contributed by atoms with Crippen LogP contribution in [-0.4, -0.2) is 59.0 Å². The van der Waals surface area contributed by atoms with Crippen LogP contribution < -0.4 is 15.4 Å². The summed E-state index contributed by atoms with van der Waals surface area (Å²) in [5.74, 6) is 0.758. The molecule has 2 saturated carbocycles. The molecule has 0 heterocycles. The minimum Gasteiger partial charge on any atom is -0.378 e. The molecule has 0 aromatic carbocycles. The lowest BCUT2D eigenvalue weighted by molar-refractivity contribution is -0.168. The lowest BCUT2D eigenvalue weighted by atomic mass is 9.51. The van der Waals surface area contributed by atoms with E-state index in [0.717, 1.165) is 31.8 Å². The van der Waals surface area contributed by atoms with Gasteiger partial charge >= 0.3 is 0 Å². The van der Waals surface area contributed by atoms with Gasteiger partial charge in [-0.3, -0.25) is 4.99 Å². The van der Waals surface area contributed by atoms with Gasteiger partial charge in [0.2, 0.25) is 10.0 Å². The fourth-order valence-electron chi connectivity index (χ4n) is 3.52. The Morgan fingerprint density at radius 3 is 2.61 bits per heavy atom. The SMILES string of the molecule is CCNC(=NCCNS(C)(=O)=O)NC1CC(OCC)C12CCC2. The first kappa shape index (κ1) is 18.5. The highest BCUT2D eigenvalue weighted by atomic mass is 32.2. The molecule has 2 aliphatic rings. The molecule has 1 spiro atoms. The summed E-state index contributed by atoms with van der Waals surface area (Å²) < 4.78 is 30.4. The van der Waals surface area contributed by atoms with Crippen molar-refractivity contribution in [2.24, 2.45) is 10.4 Å². The first-order chi connectivity index (χ1) is 10.9. The molecule has 2 aliphatic carbocycles. The Labute approximate surface area is 139 Å². The first-order valence-electron chi connectivity index (χ1n) is 8.52. The number of sulfonamides is 1. The van der Waals surface area contributed by atoms with Gasteiger partial charge in [0.1, 0.15) is 0 Å². The van der Waals surface area contributed by atoms with Gasteiger partial charge in [0.15, 0.2) is 5.96 Å². The molecular formula is C15H30N4O3S. The minimum atomic E-state index is -3.15. The predicted molar refractivity (Wildman–Crippen MR) is 92.1 cm³/mol. The molecule has 0 aromatic rings. The number of ether oxygens (including phenoxy) is 1. The molecule has 23 heavy (non-hydrogen) atoms. The van der Waals surface area contributed by atoms with Crippen LogP contribution in [0, 0.1) is 5.41 Å². The van der Waals surface area contributed by atoms with Crippen LogP contribution >= 0.6 is 0 Å². The zero-order valence-electron chi connectivity index (χ0n) is 14.4. The highest BCUT2D eigenvalue weighted by Crippen LogP contribution is 2.57. The first-order valence-corrected chi connectivity index (χ1v) is 10.4. The fourth-order valence-corrected chi connectivity index (χ4v) is 3.99. The molecule has 0 bridgehead atoms. The number of rotatable bonds is 8. The van der Waals surface area contributed by atoms with Crippen molar-refractivity contribution >= 4 is 16.0 Å². The highest BCUT2D eigenvalue weighted by molar-refractivity contribution is 7.88. The Morgan fingerprint density at radius 2 is 2.09 bits per heavy atom. The third-order valence-corrected chi connectivity index (χ3v) is 5.57. The molecule has 8 heteroatoms. The van der Waals surface area contributed by atoms with Crippen molar-refractivity contribution in [3.8, 4) is 0 Å². The quantitative estimate of drug-likeness (QED) is 0.337. The Kier molecular flexibility index (Phi) is 6.27. The molecule has 0 aliphatic heterocycles. The second kappa shape index (κ2) is 7.81. The predicted octanol–water partition coefficient (Wildman–Crippen LogP) is 0.438. The Bertz CT molecular complexity index is 517. The molecule has 0 radical (unpaired) electrons. The van der Waals surface area contributed by atoms with E-state index in [4.69, 9.17) is 4.74 Å². The van der Waals surface area contributed by atoms with Gasteiger partial charge in [0.05, 0.1) is 18.9 Å². The van der Waals surface area contributed by atoms with Crippen LogP contribution in [0.3, 0.4) is 0 Å². The normalized spacial score (nSPS) is 26.5. The van der Waals surface area contributed by atoms with Gasteiger partial charge in [0.25, 0.3) is 0 Å². The van der Waals surface area contributed by atoms with Gasteiger partial charge in [-0.15, -0.1) is 0 Å². The number of nitrogens with zero attached hydrogens (tertiary/aromatic N) is 1. The summed E-state index contributed by atoms with van der Waals surface area (Å²) in [7, 11) is -3.15. The van der Waals surface area contributed by atoms with Gasteiger partial charge in [-0.05, 0) is 33.1 Å². The largest absolute Gasteiger partial charge is 0.378 e. The summed E-state index contributed by atoms with van der Waals surface area (Å²) in [6.07, 6.45) is 6.24. The van der Waals surface area contributed by atoms with Gasteiger partial charge in [-0.25, -0.2) is 13.1 Å². The van der Waals surface area contributed by atoms with Crippen LogP contribution in [0.4, 0.5) is 0 Å². The van der Waals surface area contributed by atoms with Crippen molar-refractivity contribution in [1.29, 1.82) is 0 Å². The molecule has 2 fully saturated rings. The van der Waals surface area contributed by atoms with Crippen LogP contribution in [-0.2, 0) is 14.8 Å². The third-order valence-electron chi connectivity index (χ3n) is 4.84. The van der Waals surface area contributed by atoms with Crippen molar-refractivity contribution in [3.05, 3.63) is 0 Å². The van der Waals surface area contributed by atoms with E-state index in [1.54, 1.807) is 0 Å². The summed E-state index contributed by atoms with van der Waals surface area (Å²) in [6, 6.07) is 0.397. The van der Waals surface area contributed by atoms with Gasteiger partial charge in [-0.2, -0.15) is 0 Å². The van der Waals surface area contributed by atoms with E-state index in [0.29, 0.717) is 25.2 Å². The standard InChI is InChI=1S/C15H30N4O3S/c1-4-16-14(17-9-10-18-23(3,20)21)19-12-11-13(22-5-2)15(12)7-6-8-15/h12-13,18H,4-11H2,1-3H3,(H2,16,17,19). The van der Waals surface area contributed by atoms with Crippen LogP contribution in [0.15, 0.2) is 4.99 Å². The van der Waals surface area contributed by atoms with Gasteiger partial charge in [0, 0.05) is 31.2 Å².